The molecule has 2 amide bonds. The maximum absolute atomic E-state index is 12.3. The molecule has 0 unspecified atom stereocenters. The average Bonchev–Trinajstić information content (AvgIpc) is 2.55. The van der Waals surface area contributed by atoms with Gasteiger partial charge in [0, 0.05) is 31.0 Å². The highest BCUT2D eigenvalue weighted by Gasteiger charge is 2.11. The van der Waals surface area contributed by atoms with E-state index in [1.165, 1.54) is 6.92 Å². The molecule has 2 aromatic rings. The van der Waals surface area contributed by atoms with E-state index in [1.807, 2.05) is 55.5 Å². The Morgan fingerprint density at radius 1 is 1.00 bits per heavy atom. The fourth-order valence-electron chi connectivity index (χ4n) is 2.24. The monoisotopic (exact) mass is 311 g/mol. The summed E-state index contributed by atoms with van der Waals surface area (Å²) in [7, 11) is 1.75. The lowest BCUT2D eigenvalue weighted by atomic mass is 10.1. The molecule has 0 spiro atoms. The van der Waals surface area contributed by atoms with Crippen molar-refractivity contribution in [3.63, 3.8) is 0 Å². The van der Waals surface area contributed by atoms with E-state index in [9.17, 15) is 9.59 Å². The van der Waals surface area contributed by atoms with Gasteiger partial charge in [0.25, 0.3) is 0 Å². The topological polar surface area (TPSA) is 61.4 Å². The van der Waals surface area contributed by atoms with Crippen LogP contribution in [0.1, 0.15) is 12.5 Å². The van der Waals surface area contributed by atoms with Crippen LogP contribution in [0.3, 0.4) is 0 Å². The summed E-state index contributed by atoms with van der Waals surface area (Å²) in [5.41, 5.74) is 3.32. The van der Waals surface area contributed by atoms with Gasteiger partial charge in [-0.05, 0) is 36.8 Å². The van der Waals surface area contributed by atoms with Gasteiger partial charge >= 0.3 is 0 Å². The molecule has 23 heavy (non-hydrogen) atoms. The van der Waals surface area contributed by atoms with Crippen LogP contribution in [0, 0.1) is 6.92 Å². The van der Waals surface area contributed by atoms with Crippen LogP contribution in [0.4, 0.5) is 17.1 Å². The molecule has 120 valence electrons. The van der Waals surface area contributed by atoms with Crippen molar-refractivity contribution in [3.8, 4) is 0 Å². The van der Waals surface area contributed by atoms with Crippen LogP contribution in [0.5, 0.6) is 0 Å². The van der Waals surface area contributed by atoms with Crippen molar-refractivity contribution in [1.29, 1.82) is 0 Å². The molecule has 2 aromatic carbocycles. The Morgan fingerprint density at radius 3 is 2.30 bits per heavy atom. The number of carbonyl (C=O) groups excluding carboxylic acids is 2. The molecule has 0 saturated carbocycles. The Morgan fingerprint density at radius 2 is 1.65 bits per heavy atom. The third-order valence-electron chi connectivity index (χ3n) is 3.59. The predicted molar refractivity (Wildman–Crippen MR) is 93.8 cm³/mol. The van der Waals surface area contributed by atoms with Crippen molar-refractivity contribution in [1.82, 2.24) is 0 Å². The van der Waals surface area contributed by atoms with Crippen LogP contribution < -0.4 is 15.5 Å². The zero-order chi connectivity index (χ0) is 16.8. The molecule has 5 nitrogen and oxygen atoms in total. The zero-order valence-electron chi connectivity index (χ0n) is 13.6. The first-order valence-electron chi connectivity index (χ1n) is 7.41. The third kappa shape index (κ3) is 4.32. The standard InChI is InChI=1S/C18H21N3O2/c1-13-16(10-7-11-17(13)20-14(2)22)19-12-18(23)21(3)15-8-5-4-6-9-15/h4-11,19H,12H2,1-3H3,(H,20,22). The summed E-state index contributed by atoms with van der Waals surface area (Å²) in [6, 6.07) is 15.0. The molecule has 0 aliphatic heterocycles. The third-order valence-corrected chi connectivity index (χ3v) is 3.59. The Balaban J connectivity index is 2.03. The van der Waals surface area contributed by atoms with E-state index in [-0.39, 0.29) is 18.4 Å². The highest BCUT2D eigenvalue weighted by Crippen LogP contribution is 2.23. The number of hydrogen-bond acceptors (Lipinski definition) is 3. The lowest BCUT2D eigenvalue weighted by Crippen LogP contribution is -2.32. The second-order valence-electron chi connectivity index (χ2n) is 5.30. The molecule has 0 fully saturated rings. The van der Waals surface area contributed by atoms with Crippen molar-refractivity contribution in [2.45, 2.75) is 13.8 Å². The maximum atomic E-state index is 12.3. The highest BCUT2D eigenvalue weighted by molar-refractivity contribution is 5.96. The molecule has 0 bridgehead atoms. The van der Waals surface area contributed by atoms with E-state index in [4.69, 9.17) is 0 Å². The summed E-state index contributed by atoms with van der Waals surface area (Å²) in [5, 5.41) is 5.91. The van der Waals surface area contributed by atoms with Crippen LogP contribution in [0.15, 0.2) is 48.5 Å². The number of likely N-dealkylation sites (N-methyl/N-ethyl adjacent to an activating group) is 1. The lowest BCUT2D eigenvalue weighted by molar-refractivity contribution is -0.116. The summed E-state index contributed by atoms with van der Waals surface area (Å²) in [4.78, 5) is 25.1. The molecule has 5 heteroatoms. The first kappa shape index (κ1) is 16.5. The highest BCUT2D eigenvalue weighted by atomic mass is 16.2. The first-order valence-corrected chi connectivity index (χ1v) is 7.41. The number of carbonyl (C=O) groups is 2. The Bertz CT molecular complexity index is 699. The molecule has 0 aliphatic rings. The number of anilines is 3. The lowest BCUT2D eigenvalue weighted by Gasteiger charge is -2.19. The summed E-state index contributed by atoms with van der Waals surface area (Å²) in [5.74, 6) is -0.161. The summed E-state index contributed by atoms with van der Waals surface area (Å²) < 4.78 is 0. The number of amides is 2. The van der Waals surface area contributed by atoms with E-state index in [1.54, 1.807) is 11.9 Å². The Hall–Kier alpha value is -2.82. The van der Waals surface area contributed by atoms with Gasteiger partial charge in [0.05, 0.1) is 6.54 Å². The molecule has 0 aliphatic carbocycles. The second kappa shape index (κ2) is 7.45. The van der Waals surface area contributed by atoms with Crippen LogP contribution in [-0.2, 0) is 9.59 Å². The fraction of sp³-hybridized carbons (Fsp3) is 0.222. The largest absolute Gasteiger partial charge is 0.376 e. The smallest absolute Gasteiger partial charge is 0.246 e. The molecule has 2 N–H and O–H groups in total. The molecule has 0 heterocycles. The van der Waals surface area contributed by atoms with Gasteiger partial charge in [-0.2, -0.15) is 0 Å². The molecular weight excluding hydrogens is 290 g/mol. The fourth-order valence-corrected chi connectivity index (χ4v) is 2.24. The number of rotatable bonds is 5. The molecular formula is C18H21N3O2. The first-order chi connectivity index (χ1) is 11.0. The summed E-state index contributed by atoms with van der Waals surface area (Å²) in [6.45, 7) is 3.55. The quantitative estimate of drug-likeness (QED) is 0.892. The van der Waals surface area contributed by atoms with Gasteiger partial charge in [-0.25, -0.2) is 0 Å². The number of nitrogens with one attached hydrogen (secondary N) is 2. The van der Waals surface area contributed by atoms with E-state index in [2.05, 4.69) is 10.6 Å². The van der Waals surface area contributed by atoms with Gasteiger partial charge in [0.2, 0.25) is 11.8 Å². The van der Waals surface area contributed by atoms with Crippen LogP contribution in [0.2, 0.25) is 0 Å². The van der Waals surface area contributed by atoms with E-state index < -0.39 is 0 Å². The minimum absolute atomic E-state index is 0.0412. The van der Waals surface area contributed by atoms with Gasteiger partial charge in [0.1, 0.15) is 0 Å². The van der Waals surface area contributed by atoms with Crippen molar-refractivity contribution in [3.05, 3.63) is 54.1 Å². The summed E-state index contributed by atoms with van der Waals surface area (Å²) >= 11 is 0. The normalized spacial score (nSPS) is 10.0. The average molecular weight is 311 g/mol. The predicted octanol–water partition coefficient (Wildman–Crippen LogP) is 3.03. The Labute approximate surface area is 136 Å². The van der Waals surface area contributed by atoms with Gasteiger partial charge < -0.3 is 15.5 Å². The number of hydrogen-bond donors (Lipinski definition) is 2. The van der Waals surface area contributed by atoms with Gasteiger partial charge in [-0.15, -0.1) is 0 Å². The van der Waals surface area contributed by atoms with E-state index in [0.29, 0.717) is 0 Å². The minimum atomic E-state index is -0.120. The molecule has 2 rings (SSSR count). The number of nitrogens with zero attached hydrogens (tertiary/aromatic N) is 1. The van der Waals surface area contributed by atoms with Gasteiger partial charge in [-0.1, -0.05) is 24.3 Å². The molecule has 0 atom stereocenters. The van der Waals surface area contributed by atoms with Crippen molar-refractivity contribution >= 4 is 28.9 Å². The second-order valence-corrected chi connectivity index (χ2v) is 5.30. The van der Waals surface area contributed by atoms with E-state index in [0.717, 1.165) is 22.6 Å². The number of para-hydroxylation sites is 1. The van der Waals surface area contributed by atoms with Crippen LogP contribution in [-0.4, -0.2) is 25.4 Å². The number of benzene rings is 2. The molecule has 0 aromatic heterocycles. The van der Waals surface area contributed by atoms with Gasteiger partial charge in [0.15, 0.2) is 0 Å². The van der Waals surface area contributed by atoms with Crippen molar-refractivity contribution in [2.75, 3.05) is 29.1 Å². The van der Waals surface area contributed by atoms with Gasteiger partial charge in [-0.3, -0.25) is 9.59 Å². The zero-order valence-corrected chi connectivity index (χ0v) is 13.6. The molecule has 0 saturated heterocycles. The van der Waals surface area contributed by atoms with Crippen molar-refractivity contribution in [2.24, 2.45) is 0 Å². The summed E-state index contributed by atoms with van der Waals surface area (Å²) in [6.07, 6.45) is 0. The molecule has 0 radical (unpaired) electrons. The van der Waals surface area contributed by atoms with E-state index >= 15 is 0 Å². The Kier molecular flexibility index (Phi) is 5.36. The van der Waals surface area contributed by atoms with Crippen LogP contribution >= 0.6 is 0 Å². The maximum Gasteiger partial charge on any atom is 0.246 e. The SMILES string of the molecule is CC(=O)Nc1cccc(NCC(=O)N(C)c2ccccc2)c1C. The van der Waals surface area contributed by atoms with Crippen molar-refractivity contribution < 1.29 is 9.59 Å². The van der Waals surface area contributed by atoms with Crippen LogP contribution in [0.25, 0.3) is 0 Å². The minimum Gasteiger partial charge on any atom is -0.376 e.